The minimum absolute atomic E-state index is 0.130. The second-order valence-corrected chi connectivity index (χ2v) is 6.30. The summed E-state index contributed by atoms with van der Waals surface area (Å²) < 4.78 is 0. The maximum atomic E-state index is 12.2. The van der Waals surface area contributed by atoms with E-state index in [9.17, 15) is 14.4 Å². The van der Waals surface area contributed by atoms with Crippen LogP contribution in [0.5, 0.6) is 0 Å². The highest BCUT2D eigenvalue weighted by molar-refractivity contribution is 7.98. The number of primary amides is 1. The van der Waals surface area contributed by atoms with Crippen LogP contribution in [0, 0.1) is 11.8 Å². The Morgan fingerprint density at radius 1 is 1.29 bits per heavy atom. The maximum absolute atomic E-state index is 12.2. The Labute approximate surface area is 129 Å². The molecule has 0 heterocycles. The molecule has 0 spiro atoms. The number of hydrogen-bond acceptors (Lipinski definition) is 5. The molecule has 2 atom stereocenters. The molecule has 0 rings (SSSR count). The molecule has 0 aromatic rings. The maximum Gasteiger partial charge on any atom is 0.244 e. The van der Waals surface area contributed by atoms with Gasteiger partial charge in [0.2, 0.25) is 17.7 Å². The minimum Gasteiger partial charge on any atom is -0.368 e. The number of carbonyl (C=O) groups is 3. The number of thioether (sulfide) groups is 1. The molecule has 7 nitrogen and oxygen atoms in total. The van der Waals surface area contributed by atoms with E-state index in [1.54, 1.807) is 11.8 Å². The predicted molar refractivity (Wildman–Crippen MR) is 81.6 cm³/mol. The molecular weight excluding hydrogens is 294 g/mol. The summed E-state index contributed by atoms with van der Waals surface area (Å²) in [5.74, 6) is -1.32. The van der Waals surface area contributed by atoms with Gasteiger partial charge in [0.05, 0.1) is 0 Å². The molecule has 0 aromatic heterocycles. The lowest BCUT2D eigenvalue weighted by Crippen LogP contribution is -2.47. The highest BCUT2D eigenvalue weighted by Gasteiger charge is 2.26. The van der Waals surface area contributed by atoms with Gasteiger partial charge < -0.3 is 11.1 Å². The zero-order valence-electron chi connectivity index (χ0n) is 12.7. The number of amides is 3. The molecule has 0 aliphatic rings. The summed E-state index contributed by atoms with van der Waals surface area (Å²) in [6.45, 7) is 3.85. The Kier molecular flexibility index (Phi) is 9.81. The number of nitrogens with one attached hydrogen (secondary N) is 2. The zero-order valence-corrected chi connectivity index (χ0v) is 13.5. The first-order valence-electron chi connectivity index (χ1n) is 6.83. The normalized spacial score (nSPS) is 13.6. The van der Waals surface area contributed by atoms with Crippen molar-refractivity contribution in [3.63, 3.8) is 0 Å². The summed E-state index contributed by atoms with van der Waals surface area (Å²) >= 11 is 1.55. The monoisotopic (exact) mass is 319 g/mol. The Balaban J connectivity index is 4.75. The van der Waals surface area contributed by atoms with Crippen LogP contribution in [0.2, 0.25) is 0 Å². The van der Waals surface area contributed by atoms with Crippen LogP contribution in [0.3, 0.4) is 0 Å². The Morgan fingerprint density at radius 2 is 1.90 bits per heavy atom. The molecule has 0 saturated heterocycles. The molecule has 1 unspecified atom stereocenters. The topological polar surface area (TPSA) is 122 Å². The second-order valence-electron chi connectivity index (χ2n) is 5.31. The van der Waals surface area contributed by atoms with Gasteiger partial charge in [-0.3, -0.25) is 19.6 Å². The quantitative estimate of drug-likeness (QED) is 0.340. The van der Waals surface area contributed by atoms with Crippen molar-refractivity contribution in [2.24, 2.45) is 17.6 Å². The first-order valence-corrected chi connectivity index (χ1v) is 8.22. The van der Waals surface area contributed by atoms with Crippen molar-refractivity contribution < 1.29 is 19.6 Å². The van der Waals surface area contributed by atoms with E-state index in [0.29, 0.717) is 18.6 Å². The predicted octanol–water partition coefficient (Wildman–Crippen LogP) is 0.267. The highest BCUT2D eigenvalue weighted by Crippen LogP contribution is 2.16. The molecule has 0 saturated carbocycles. The molecule has 0 bridgehead atoms. The summed E-state index contributed by atoms with van der Waals surface area (Å²) in [6, 6.07) is -0.739. The SMILES string of the molecule is CSCC[C@H](NC(=O)C(CC(=O)NO)CC(C)C)C(N)=O. The molecule has 0 aromatic carbocycles. The van der Waals surface area contributed by atoms with Crippen LogP contribution < -0.4 is 16.5 Å². The van der Waals surface area contributed by atoms with Crippen molar-refractivity contribution in [2.75, 3.05) is 12.0 Å². The van der Waals surface area contributed by atoms with E-state index in [0.717, 1.165) is 0 Å². The van der Waals surface area contributed by atoms with Gasteiger partial charge in [-0.2, -0.15) is 11.8 Å². The van der Waals surface area contributed by atoms with Gasteiger partial charge in [-0.1, -0.05) is 13.8 Å². The van der Waals surface area contributed by atoms with Gasteiger partial charge in [-0.15, -0.1) is 0 Å². The molecule has 0 aliphatic heterocycles. The fourth-order valence-corrected chi connectivity index (χ4v) is 2.40. The van der Waals surface area contributed by atoms with E-state index >= 15 is 0 Å². The van der Waals surface area contributed by atoms with E-state index in [1.807, 2.05) is 20.1 Å². The molecule has 122 valence electrons. The lowest BCUT2D eigenvalue weighted by Gasteiger charge is -2.21. The van der Waals surface area contributed by atoms with Crippen LogP contribution in [-0.2, 0) is 14.4 Å². The van der Waals surface area contributed by atoms with Gasteiger partial charge in [0.15, 0.2) is 0 Å². The first kappa shape index (κ1) is 19.7. The van der Waals surface area contributed by atoms with Crippen LogP contribution in [-0.4, -0.2) is 41.0 Å². The van der Waals surface area contributed by atoms with Gasteiger partial charge in [0, 0.05) is 12.3 Å². The smallest absolute Gasteiger partial charge is 0.244 e. The molecule has 3 amide bonds. The van der Waals surface area contributed by atoms with E-state index in [1.165, 1.54) is 5.48 Å². The third-order valence-corrected chi connectivity index (χ3v) is 3.60. The lowest BCUT2D eigenvalue weighted by atomic mass is 9.92. The molecule has 0 radical (unpaired) electrons. The second kappa shape index (κ2) is 10.4. The highest BCUT2D eigenvalue weighted by atomic mass is 32.2. The first-order chi connectivity index (χ1) is 9.81. The average Bonchev–Trinajstić information content (AvgIpc) is 2.41. The Bertz CT molecular complexity index is 363. The molecule has 8 heteroatoms. The van der Waals surface area contributed by atoms with Crippen molar-refractivity contribution in [2.45, 2.75) is 39.2 Å². The van der Waals surface area contributed by atoms with E-state index in [-0.39, 0.29) is 12.3 Å². The van der Waals surface area contributed by atoms with Crippen LogP contribution in [0.1, 0.15) is 33.1 Å². The van der Waals surface area contributed by atoms with Gasteiger partial charge >= 0.3 is 0 Å². The summed E-state index contributed by atoms with van der Waals surface area (Å²) in [7, 11) is 0. The van der Waals surface area contributed by atoms with Crippen LogP contribution in [0.25, 0.3) is 0 Å². The average molecular weight is 319 g/mol. The van der Waals surface area contributed by atoms with Gasteiger partial charge in [-0.25, -0.2) is 5.48 Å². The largest absolute Gasteiger partial charge is 0.368 e. The lowest BCUT2D eigenvalue weighted by molar-refractivity contribution is -0.136. The fraction of sp³-hybridized carbons (Fsp3) is 0.769. The van der Waals surface area contributed by atoms with Crippen molar-refractivity contribution in [3.05, 3.63) is 0 Å². The van der Waals surface area contributed by atoms with E-state index in [4.69, 9.17) is 10.9 Å². The summed E-state index contributed by atoms with van der Waals surface area (Å²) in [4.78, 5) is 34.8. The fourth-order valence-electron chi connectivity index (χ4n) is 1.93. The van der Waals surface area contributed by atoms with Crippen molar-refractivity contribution in [1.29, 1.82) is 0 Å². The third kappa shape index (κ3) is 8.56. The standard InChI is InChI=1S/C13H25N3O4S/c1-8(2)6-9(7-11(17)16-20)13(19)15-10(12(14)18)4-5-21-3/h8-10,20H,4-7H2,1-3H3,(H2,14,18)(H,15,19)(H,16,17)/t9?,10-/m0/s1. The molecule has 5 N–H and O–H groups in total. The van der Waals surface area contributed by atoms with Crippen molar-refractivity contribution >= 4 is 29.5 Å². The number of carbonyl (C=O) groups excluding carboxylic acids is 3. The van der Waals surface area contributed by atoms with Crippen LogP contribution in [0.4, 0.5) is 0 Å². The van der Waals surface area contributed by atoms with Gasteiger partial charge in [-0.05, 0) is 30.8 Å². The van der Waals surface area contributed by atoms with E-state index < -0.39 is 29.7 Å². The molecular formula is C13H25N3O4S. The zero-order chi connectivity index (χ0) is 16.4. The number of hydroxylamine groups is 1. The van der Waals surface area contributed by atoms with Gasteiger partial charge in [0.25, 0.3) is 0 Å². The summed E-state index contributed by atoms with van der Waals surface area (Å²) in [5.41, 5.74) is 6.79. The van der Waals surface area contributed by atoms with Crippen molar-refractivity contribution in [3.8, 4) is 0 Å². The van der Waals surface area contributed by atoms with Crippen molar-refractivity contribution in [1.82, 2.24) is 10.8 Å². The molecule has 21 heavy (non-hydrogen) atoms. The van der Waals surface area contributed by atoms with Crippen LogP contribution in [0.15, 0.2) is 0 Å². The number of nitrogens with two attached hydrogens (primary N) is 1. The number of hydrogen-bond donors (Lipinski definition) is 4. The number of rotatable bonds is 10. The Morgan fingerprint density at radius 3 is 2.33 bits per heavy atom. The van der Waals surface area contributed by atoms with E-state index in [2.05, 4.69) is 5.32 Å². The third-order valence-electron chi connectivity index (χ3n) is 2.95. The molecule has 0 aliphatic carbocycles. The van der Waals surface area contributed by atoms with Crippen LogP contribution >= 0.6 is 11.8 Å². The Hall–Kier alpha value is -1.28. The minimum atomic E-state index is -0.739. The van der Waals surface area contributed by atoms with Gasteiger partial charge in [0.1, 0.15) is 6.04 Å². The molecule has 0 fully saturated rings. The summed E-state index contributed by atoms with van der Waals surface area (Å²) in [5, 5.41) is 11.2. The summed E-state index contributed by atoms with van der Waals surface area (Å²) in [6.07, 6.45) is 2.69.